The number of alkyl halides is 1. The Kier molecular flexibility index (Phi) is 4.69. The first kappa shape index (κ1) is 15.0. The number of rotatable bonds is 5. The summed E-state index contributed by atoms with van der Waals surface area (Å²) in [5.41, 5.74) is 1.05. The first-order valence-electron chi connectivity index (χ1n) is 6.60. The summed E-state index contributed by atoms with van der Waals surface area (Å²) in [6.45, 7) is 2.42. The monoisotopic (exact) mass is 345 g/mol. The van der Waals surface area contributed by atoms with Gasteiger partial charge in [-0.15, -0.1) is 0 Å². The van der Waals surface area contributed by atoms with Gasteiger partial charge in [-0.2, -0.15) is 0 Å². The number of benzene rings is 1. The zero-order valence-corrected chi connectivity index (χ0v) is 13.6. The molecule has 3 nitrogen and oxygen atoms in total. The van der Waals surface area contributed by atoms with Crippen LogP contribution in [0.25, 0.3) is 0 Å². The van der Waals surface area contributed by atoms with E-state index in [0.717, 1.165) is 23.7 Å². The number of sulfonamides is 1. The van der Waals surface area contributed by atoms with Gasteiger partial charge < -0.3 is 0 Å². The second-order valence-corrected chi connectivity index (χ2v) is 7.81. The van der Waals surface area contributed by atoms with E-state index in [4.69, 9.17) is 0 Å². The third-order valence-electron chi connectivity index (χ3n) is 3.88. The van der Waals surface area contributed by atoms with Gasteiger partial charge in [-0.25, -0.2) is 13.1 Å². The molecule has 0 saturated heterocycles. The highest BCUT2D eigenvalue weighted by Gasteiger charge is 2.34. The van der Waals surface area contributed by atoms with Crippen molar-refractivity contribution in [2.24, 2.45) is 5.41 Å². The van der Waals surface area contributed by atoms with Crippen LogP contribution in [0.5, 0.6) is 0 Å². The van der Waals surface area contributed by atoms with E-state index in [2.05, 4.69) is 20.7 Å². The van der Waals surface area contributed by atoms with Crippen LogP contribution >= 0.6 is 15.9 Å². The smallest absolute Gasteiger partial charge is 0.211 e. The van der Waals surface area contributed by atoms with Crippen molar-refractivity contribution in [1.29, 1.82) is 0 Å². The summed E-state index contributed by atoms with van der Waals surface area (Å²) in [6, 6.07) is 7.03. The van der Waals surface area contributed by atoms with Crippen molar-refractivity contribution in [1.82, 2.24) is 4.72 Å². The molecule has 1 N–H and O–H groups in total. The first-order valence-corrected chi connectivity index (χ1v) is 9.20. The molecule has 0 aromatic heterocycles. The Hall–Kier alpha value is -0.390. The Morgan fingerprint density at radius 2 is 2.00 bits per heavy atom. The minimum atomic E-state index is -3.39. The quantitative estimate of drug-likeness (QED) is 0.832. The number of hydrogen-bond donors (Lipinski definition) is 1. The molecule has 2 rings (SSSR count). The third kappa shape index (κ3) is 3.58. The molecule has 1 aliphatic rings. The summed E-state index contributed by atoms with van der Waals surface area (Å²) in [6.07, 6.45) is 4.57. The predicted octanol–water partition coefficient (Wildman–Crippen LogP) is 3.23. The molecule has 0 heterocycles. The van der Waals surface area contributed by atoms with Crippen LogP contribution in [-0.4, -0.2) is 20.3 Å². The molecule has 1 aromatic carbocycles. The van der Waals surface area contributed by atoms with Gasteiger partial charge in [0.2, 0.25) is 10.0 Å². The fourth-order valence-electron chi connectivity index (χ4n) is 2.60. The molecule has 106 valence electrons. The van der Waals surface area contributed by atoms with Crippen molar-refractivity contribution in [2.45, 2.75) is 37.5 Å². The minimum absolute atomic E-state index is 0.0941. The van der Waals surface area contributed by atoms with Gasteiger partial charge in [0.15, 0.2) is 0 Å². The largest absolute Gasteiger partial charge is 0.240 e. The molecule has 1 saturated carbocycles. The van der Waals surface area contributed by atoms with Crippen molar-refractivity contribution in [2.75, 3.05) is 11.9 Å². The van der Waals surface area contributed by atoms with Crippen LogP contribution in [0.4, 0.5) is 0 Å². The van der Waals surface area contributed by atoms with Crippen molar-refractivity contribution in [3.63, 3.8) is 0 Å². The van der Waals surface area contributed by atoms with Crippen molar-refractivity contribution >= 4 is 26.0 Å². The molecule has 0 amide bonds. The zero-order valence-electron chi connectivity index (χ0n) is 11.2. The highest BCUT2D eigenvalue weighted by molar-refractivity contribution is 9.09. The van der Waals surface area contributed by atoms with Crippen molar-refractivity contribution in [3.05, 3.63) is 29.8 Å². The lowest BCUT2D eigenvalue weighted by molar-refractivity contribution is 0.347. The molecule has 5 heteroatoms. The molecular formula is C14H20BrNO2S. The molecule has 0 radical (unpaired) electrons. The minimum Gasteiger partial charge on any atom is -0.211 e. The van der Waals surface area contributed by atoms with Gasteiger partial charge in [0.25, 0.3) is 0 Å². The van der Waals surface area contributed by atoms with Crippen molar-refractivity contribution < 1.29 is 8.42 Å². The number of aryl methyl sites for hydroxylation is 1. The fourth-order valence-corrected chi connectivity index (χ4v) is 4.62. The molecular weight excluding hydrogens is 326 g/mol. The SMILES string of the molecule is Cc1cccc(S(=O)(=O)NCC2(CBr)CCCC2)c1. The lowest BCUT2D eigenvalue weighted by Crippen LogP contribution is -2.37. The summed E-state index contributed by atoms with van der Waals surface area (Å²) >= 11 is 3.53. The van der Waals surface area contributed by atoms with Crippen LogP contribution in [0.2, 0.25) is 0 Å². The number of halogens is 1. The Morgan fingerprint density at radius 1 is 1.32 bits per heavy atom. The summed E-state index contributed by atoms with van der Waals surface area (Å²) in [5.74, 6) is 0. The van der Waals surface area contributed by atoms with Gasteiger partial charge in [-0.3, -0.25) is 0 Å². The molecule has 1 fully saturated rings. The summed E-state index contributed by atoms with van der Waals surface area (Å²) in [7, 11) is -3.39. The maximum absolute atomic E-state index is 12.3. The van der Waals surface area contributed by atoms with E-state index in [1.54, 1.807) is 18.2 Å². The maximum atomic E-state index is 12.3. The Morgan fingerprint density at radius 3 is 2.58 bits per heavy atom. The second kappa shape index (κ2) is 5.94. The van der Waals surface area contributed by atoms with Crippen LogP contribution in [0.1, 0.15) is 31.2 Å². The van der Waals surface area contributed by atoms with Crippen LogP contribution < -0.4 is 4.72 Å². The first-order chi connectivity index (χ1) is 8.97. The average Bonchev–Trinajstić information content (AvgIpc) is 2.86. The van der Waals surface area contributed by atoms with E-state index in [1.165, 1.54) is 12.8 Å². The molecule has 0 aliphatic heterocycles. The molecule has 0 unspecified atom stereocenters. The molecule has 0 spiro atoms. The van der Waals surface area contributed by atoms with Crippen LogP contribution in [0, 0.1) is 12.3 Å². The fraction of sp³-hybridized carbons (Fsp3) is 0.571. The Balaban J connectivity index is 2.09. The van der Waals surface area contributed by atoms with Gasteiger partial charge in [0, 0.05) is 11.9 Å². The summed E-state index contributed by atoms with van der Waals surface area (Å²) in [5, 5.41) is 0.857. The molecule has 1 aromatic rings. The molecule has 0 bridgehead atoms. The van der Waals surface area contributed by atoms with Crippen LogP contribution in [0.3, 0.4) is 0 Å². The molecule has 1 aliphatic carbocycles. The van der Waals surface area contributed by atoms with Crippen LogP contribution in [0.15, 0.2) is 29.2 Å². The van der Waals surface area contributed by atoms with E-state index in [-0.39, 0.29) is 5.41 Å². The lowest BCUT2D eigenvalue weighted by Gasteiger charge is -2.26. The zero-order chi connectivity index (χ0) is 13.9. The van der Waals surface area contributed by atoms with E-state index >= 15 is 0 Å². The molecule has 0 atom stereocenters. The van der Waals surface area contributed by atoms with Gasteiger partial charge >= 0.3 is 0 Å². The van der Waals surface area contributed by atoms with Crippen LogP contribution in [-0.2, 0) is 10.0 Å². The topological polar surface area (TPSA) is 46.2 Å². The van der Waals surface area contributed by atoms with E-state index in [1.807, 2.05) is 13.0 Å². The lowest BCUT2D eigenvalue weighted by atomic mass is 9.89. The maximum Gasteiger partial charge on any atom is 0.240 e. The van der Waals surface area contributed by atoms with Gasteiger partial charge in [-0.1, -0.05) is 40.9 Å². The summed E-state index contributed by atoms with van der Waals surface area (Å²) < 4.78 is 27.3. The second-order valence-electron chi connectivity index (χ2n) is 5.48. The van der Waals surface area contributed by atoms with Crippen molar-refractivity contribution in [3.8, 4) is 0 Å². The number of hydrogen-bond acceptors (Lipinski definition) is 2. The van der Waals surface area contributed by atoms with E-state index in [9.17, 15) is 8.42 Å². The average molecular weight is 346 g/mol. The van der Waals surface area contributed by atoms with E-state index < -0.39 is 10.0 Å². The predicted molar refractivity (Wildman–Crippen MR) is 81.1 cm³/mol. The van der Waals surface area contributed by atoms with Gasteiger partial charge in [-0.05, 0) is 42.9 Å². The number of nitrogens with one attached hydrogen (secondary N) is 1. The summed E-state index contributed by atoms with van der Waals surface area (Å²) in [4.78, 5) is 0.357. The highest BCUT2D eigenvalue weighted by atomic mass is 79.9. The van der Waals surface area contributed by atoms with Gasteiger partial charge in [0.1, 0.15) is 0 Å². The molecule has 19 heavy (non-hydrogen) atoms. The Bertz CT molecular complexity index is 536. The van der Waals surface area contributed by atoms with E-state index in [0.29, 0.717) is 11.4 Å². The normalized spacial score (nSPS) is 18.6. The third-order valence-corrected chi connectivity index (χ3v) is 6.47. The Labute approximate surface area is 124 Å². The highest BCUT2D eigenvalue weighted by Crippen LogP contribution is 2.39. The standard InChI is InChI=1S/C14H20BrNO2S/c1-12-5-4-6-13(9-12)19(17,18)16-11-14(10-15)7-2-3-8-14/h4-6,9,16H,2-3,7-8,10-11H2,1H3. The van der Waals surface area contributed by atoms with Gasteiger partial charge in [0.05, 0.1) is 4.90 Å².